The first-order chi connectivity index (χ1) is 13.5. The molecule has 2 aliphatic rings. The topological polar surface area (TPSA) is 52.0 Å². The number of sulfone groups is 1. The van der Waals surface area contributed by atoms with Crippen LogP contribution in [0.4, 0.5) is 0 Å². The smallest absolute Gasteiger partial charge is 0.181 e. The Morgan fingerprint density at radius 1 is 0.929 bits per heavy atom. The third kappa shape index (κ3) is 3.07. The fourth-order valence-electron chi connectivity index (χ4n) is 3.99. The van der Waals surface area contributed by atoms with Crippen LogP contribution >= 0.6 is 11.6 Å². The van der Waals surface area contributed by atoms with Crippen LogP contribution in [-0.4, -0.2) is 23.4 Å². The lowest BCUT2D eigenvalue weighted by atomic mass is 9.93. The van der Waals surface area contributed by atoms with Gasteiger partial charge in [-0.25, -0.2) is 13.1 Å². The molecule has 5 rings (SSSR count). The fourth-order valence-corrected chi connectivity index (χ4v) is 5.78. The van der Waals surface area contributed by atoms with Gasteiger partial charge in [-0.15, -0.1) is 0 Å². The van der Waals surface area contributed by atoms with Crippen molar-refractivity contribution in [3.8, 4) is 16.9 Å². The minimum atomic E-state index is -3.18. The van der Waals surface area contributed by atoms with E-state index in [-0.39, 0.29) is 5.25 Å². The van der Waals surface area contributed by atoms with Gasteiger partial charge in [-0.2, -0.15) is 5.10 Å². The first kappa shape index (κ1) is 18.0. The van der Waals surface area contributed by atoms with E-state index in [9.17, 15) is 8.42 Å². The number of benzene rings is 2. The van der Waals surface area contributed by atoms with Gasteiger partial charge in [-0.1, -0.05) is 23.7 Å². The quantitative estimate of drug-likeness (QED) is 0.605. The highest BCUT2D eigenvalue weighted by atomic mass is 35.5. The molecule has 0 bridgehead atoms. The van der Waals surface area contributed by atoms with E-state index in [4.69, 9.17) is 16.7 Å². The Balaban J connectivity index is 1.61. The summed E-state index contributed by atoms with van der Waals surface area (Å²) < 4.78 is 26.9. The van der Waals surface area contributed by atoms with Crippen molar-refractivity contribution in [2.75, 3.05) is 0 Å². The molecule has 2 aromatic carbocycles. The number of halogens is 1. The number of hydrogen-bond acceptors (Lipinski definition) is 3. The van der Waals surface area contributed by atoms with E-state index in [0.29, 0.717) is 9.92 Å². The molecule has 1 heterocycles. The molecule has 0 saturated heterocycles. The summed E-state index contributed by atoms with van der Waals surface area (Å²) in [6.45, 7) is 0. The molecule has 1 fully saturated rings. The van der Waals surface area contributed by atoms with Gasteiger partial charge in [0.2, 0.25) is 0 Å². The monoisotopic (exact) mass is 412 g/mol. The first-order valence-electron chi connectivity index (χ1n) is 9.75. The molecule has 1 saturated carbocycles. The lowest BCUT2D eigenvalue weighted by Crippen LogP contribution is -2.07. The highest BCUT2D eigenvalue weighted by molar-refractivity contribution is 7.92. The maximum Gasteiger partial charge on any atom is 0.181 e. The number of nitrogens with zero attached hydrogens (tertiary/aromatic N) is 2. The van der Waals surface area contributed by atoms with E-state index >= 15 is 0 Å². The van der Waals surface area contributed by atoms with Gasteiger partial charge in [0, 0.05) is 16.1 Å². The Morgan fingerprint density at radius 2 is 1.61 bits per heavy atom. The molecule has 2 aliphatic carbocycles. The lowest BCUT2D eigenvalue weighted by Gasteiger charge is -2.13. The van der Waals surface area contributed by atoms with Crippen LogP contribution < -0.4 is 0 Å². The van der Waals surface area contributed by atoms with Crippen molar-refractivity contribution in [3.05, 3.63) is 64.8 Å². The van der Waals surface area contributed by atoms with Crippen molar-refractivity contribution in [3.63, 3.8) is 0 Å². The van der Waals surface area contributed by atoms with Crippen LogP contribution in [0.2, 0.25) is 5.02 Å². The van der Waals surface area contributed by atoms with Gasteiger partial charge in [-0.05, 0) is 74.9 Å². The van der Waals surface area contributed by atoms with Crippen LogP contribution in [0.5, 0.6) is 0 Å². The molecule has 0 atom stereocenters. The molecule has 6 heteroatoms. The van der Waals surface area contributed by atoms with E-state index in [2.05, 4.69) is 0 Å². The van der Waals surface area contributed by atoms with Crippen LogP contribution in [0.15, 0.2) is 53.4 Å². The molecule has 0 amide bonds. The van der Waals surface area contributed by atoms with Crippen LogP contribution in [-0.2, 0) is 22.7 Å². The molecule has 28 heavy (non-hydrogen) atoms. The zero-order chi connectivity index (χ0) is 19.3. The van der Waals surface area contributed by atoms with Gasteiger partial charge in [0.1, 0.15) is 0 Å². The third-order valence-electron chi connectivity index (χ3n) is 5.65. The summed E-state index contributed by atoms with van der Waals surface area (Å²) in [5, 5.41) is 5.41. The highest BCUT2D eigenvalue weighted by Crippen LogP contribution is 2.36. The second-order valence-electron chi connectivity index (χ2n) is 7.64. The third-order valence-corrected chi connectivity index (χ3v) is 8.18. The van der Waals surface area contributed by atoms with Crippen molar-refractivity contribution < 1.29 is 8.42 Å². The lowest BCUT2D eigenvalue weighted by molar-refractivity contribution is 0.595. The van der Waals surface area contributed by atoms with Crippen molar-refractivity contribution in [2.24, 2.45) is 0 Å². The minimum absolute atomic E-state index is 0.194. The van der Waals surface area contributed by atoms with Gasteiger partial charge in [0.15, 0.2) is 9.84 Å². The van der Waals surface area contributed by atoms with Crippen LogP contribution in [0.25, 0.3) is 16.9 Å². The summed E-state index contributed by atoms with van der Waals surface area (Å²) in [7, 11) is -3.18. The Morgan fingerprint density at radius 3 is 2.29 bits per heavy atom. The maximum atomic E-state index is 12.5. The maximum absolute atomic E-state index is 12.5. The molecule has 0 unspecified atom stereocenters. The van der Waals surface area contributed by atoms with E-state index in [1.165, 1.54) is 5.56 Å². The molecule has 0 N–H and O–H groups in total. The van der Waals surface area contributed by atoms with E-state index in [1.807, 2.05) is 41.1 Å². The van der Waals surface area contributed by atoms with Crippen molar-refractivity contribution in [1.29, 1.82) is 0 Å². The van der Waals surface area contributed by atoms with Crippen LogP contribution in [0.3, 0.4) is 0 Å². The van der Waals surface area contributed by atoms with Crippen LogP contribution in [0.1, 0.15) is 36.9 Å². The van der Waals surface area contributed by atoms with Crippen molar-refractivity contribution in [1.82, 2.24) is 9.78 Å². The van der Waals surface area contributed by atoms with Gasteiger partial charge in [0.25, 0.3) is 0 Å². The Labute approximate surface area is 170 Å². The van der Waals surface area contributed by atoms with E-state index < -0.39 is 9.84 Å². The normalized spacial score (nSPS) is 16.8. The Bertz CT molecular complexity index is 1130. The van der Waals surface area contributed by atoms with E-state index in [1.54, 1.807) is 12.1 Å². The first-order valence-corrected chi connectivity index (χ1v) is 11.7. The summed E-state index contributed by atoms with van der Waals surface area (Å²) >= 11 is 6.08. The van der Waals surface area contributed by atoms with Gasteiger partial charge in [0.05, 0.1) is 27.2 Å². The zero-order valence-electron chi connectivity index (χ0n) is 15.4. The summed E-state index contributed by atoms with van der Waals surface area (Å²) in [4.78, 5) is 0.406. The number of rotatable bonds is 4. The number of fused-ring (bicyclic) bond motifs is 1. The standard InChI is InChI=1S/C22H21ClN2O2S/c23-16-7-5-15(6-8-16)22-20-3-1-2-4-21(20)24-25(22)17-9-11-18(12-10-17)28(26,27)19-13-14-19/h5-12,19H,1-4,13-14H2. The highest BCUT2D eigenvalue weighted by Gasteiger charge is 2.36. The molecule has 0 radical (unpaired) electrons. The molecule has 0 spiro atoms. The molecule has 144 valence electrons. The summed E-state index contributed by atoms with van der Waals surface area (Å²) in [6.07, 6.45) is 5.87. The summed E-state index contributed by atoms with van der Waals surface area (Å²) in [6, 6.07) is 15.0. The second kappa shape index (κ2) is 6.75. The number of aromatic nitrogens is 2. The molecule has 1 aromatic heterocycles. The minimum Gasteiger partial charge on any atom is -0.233 e. The average molecular weight is 413 g/mol. The van der Waals surface area contributed by atoms with Crippen molar-refractivity contribution in [2.45, 2.75) is 48.7 Å². The molecule has 4 nitrogen and oxygen atoms in total. The predicted octanol–water partition coefficient (Wildman–Crippen LogP) is 5.01. The Kier molecular flexibility index (Phi) is 4.33. The molecular weight excluding hydrogens is 392 g/mol. The zero-order valence-corrected chi connectivity index (χ0v) is 17.0. The molecule has 3 aromatic rings. The summed E-state index contributed by atoms with van der Waals surface area (Å²) in [5.74, 6) is 0. The average Bonchev–Trinajstić information content (AvgIpc) is 3.50. The SMILES string of the molecule is O=S(=O)(c1ccc(-n2nc3c(c2-c2ccc(Cl)cc2)CCCC3)cc1)C1CC1. The van der Waals surface area contributed by atoms with E-state index in [0.717, 1.165) is 61.2 Å². The second-order valence-corrected chi connectivity index (χ2v) is 10.3. The van der Waals surface area contributed by atoms with Crippen molar-refractivity contribution >= 4 is 21.4 Å². The number of aryl methyl sites for hydroxylation is 1. The summed E-state index contributed by atoms with van der Waals surface area (Å²) in [5.41, 5.74) is 5.49. The fraction of sp³-hybridized carbons (Fsp3) is 0.318. The Hall–Kier alpha value is -2.11. The van der Waals surface area contributed by atoms with Gasteiger partial charge >= 0.3 is 0 Å². The molecule has 0 aliphatic heterocycles. The molecular formula is C22H21ClN2O2S. The largest absolute Gasteiger partial charge is 0.233 e. The predicted molar refractivity (Wildman–Crippen MR) is 111 cm³/mol. The van der Waals surface area contributed by atoms with Gasteiger partial charge in [-0.3, -0.25) is 0 Å². The van der Waals surface area contributed by atoms with Crippen LogP contribution in [0, 0.1) is 0 Å². The number of hydrogen-bond donors (Lipinski definition) is 0. The van der Waals surface area contributed by atoms with Gasteiger partial charge < -0.3 is 0 Å².